The number of aromatic hydroxyl groups is 1. The van der Waals surface area contributed by atoms with Gasteiger partial charge in [0.15, 0.2) is 5.78 Å². The summed E-state index contributed by atoms with van der Waals surface area (Å²) in [7, 11) is 0. The third-order valence-electron chi connectivity index (χ3n) is 5.98. The first kappa shape index (κ1) is 12.2. The molecule has 0 bridgehead atoms. The lowest BCUT2D eigenvalue weighted by Crippen LogP contribution is -2.42. The van der Waals surface area contributed by atoms with E-state index < -0.39 is 0 Å². The van der Waals surface area contributed by atoms with Gasteiger partial charge in [-0.1, -0.05) is 19.1 Å². The highest BCUT2D eigenvalue weighted by Gasteiger charge is 2.52. The Morgan fingerprint density at radius 3 is 3.00 bits per heavy atom. The Morgan fingerprint density at radius 1 is 1.30 bits per heavy atom. The monoisotopic (exact) mass is 268 g/mol. The largest absolute Gasteiger partial charge is 0.508 e. The third kappa shape index (κ3) is 1.48. The van der Waals surface area contributed by atoms with Crippen molar-refractivity contribution in [1.29, 1.82) is 0 Å². The third-order valence-corrected chi connectivity index (χ3v) is 5.98. The summed E-state index contributed by atoms with van der Waals surface area (Å²) in [5.74, 6) is 2.27. The van der Waals surface area contributed by atoms with Gasteiger partial charge in [-0.3, -0.25) is 4.79 Å². The lowest BCUT2D eigenvalue weighted by Gasteiger charge is -2.48. The van der Waals surface area contributed by atoms with Crippen LogP contribution < -0.4 is 0 Å². The molecule has 2 nitrogen and oxygen atoms in total. The van der Waals surface area contributed by atoms with Crippen molar-refractivity contribution >= 4 is 5.78 Å². The van der Waals surface area contributed by atoms with Gasteiger partial charge in [0.25, 0.3) is 0 Å². The number of hydrogen-bond donors (Lipinski definition) is 1. The van der Waals surface area contributed by atoms with Crippen molar-refractivity contribution in [2.75, 3.05) is 0 Å². The van der Waals surface area contributed by atoms with E-state index in [1.54, 1.807) is 0 Å². The highest BCUT2D eigenvalue weighted by molar-refractivity contribution is 5.97. The number of aryl methyl sites for hydroxylation is 1. The maximum Gasteiger partial charge on any atom is 0.161 e. The second kappa shape index (κ2) is 3.97. The van der Waals surface area contributed by atoms with E-state index >= 15 is 0 Å². The number of phenols is 1. The highest BCUT2D eigenvalue weighted by atomic mass is 16.3. The Labute approximate surface area is 119 Å². The Morgan fingerprint density at radius 2 is 2.15 bits per heavy atom. The van der Waals surface area contributed by atoms with Crippen LogP contribution in [0.2, 0.25) is 0 Å². The van der Waals surface area contributed by atoms with E-state index in [0.29, 0.717) is 29.3 Å². The molecule has 1 aromatic carbocycles. The molecular formula is C18H20O2. The number of rotatable bonds is 0. The average molecular weight is 268 g/mol. The minimum atomic E-state index is -0.143. The predicted octanol–water partition coefficient (Wildman–Crippen LogP) is 3.59. The van der Waals surface area contributed by atoms with Crippen LogP contribution in [0, 0.1) is 17.3 Å². The van der Waals surface area contributed by atoms with Crippen molar-refractivity contribution in [3.8, 4) is 5.75 Å². The number of carbonyl (C=O) groups excluding carboxylic acids is 1. The van der Waals surface area contributed by atoms with Crippen LogP contribution in [-0.4, -0.2) is 10.9 Å². The fourth-order valence-electron chi connectivity index (χ4n) is 4.84. The number of carbonyl (C=O) groups is 1. The van der Waals surface area contributed by atoms with Crippen LogP contribution >= 0.6 is 0 Å². The van der Waals surface area contributed by atoms with Crippen LogP contribution in [0.5, 0.6) is 5.75 Å². The Bertz CT molecular complexity index is 616. The van der Waals surface area contributed by atoms with Gasteiger partial charge in [-0.2, -0.15) is 0 Å². The van der Waals surface area contributed by atoms with Gasteiger partial charge < -0.3 is 5.11 Å². The van der Waals surface area contributed by atoms with E-state index in [4.69, 9.17) is 0 Å². The van der Waals surface area contributed by atoms with E-state index in [1.165, 1.54) is 11.1 Å². The van der Waals surface area contributed by atoms with E-state index in [9.17, 15) is 9.90 Å². The van der Waals surface area contributed by atoms with Crippen LogP contribution in [0.3, 0.4) is 0 Å². The standard InChI is InChI=1S/C18H20O2/c1-18-9-8-14-13-5-3-12(19)10-11(13)2-4-15(14)16(18)6-7-17(18)20/h3,5-7,10,14-16,19H,2,4,8-9H2,1H3/t14-,15-,16-,18+/m1/s1. The van der Waals surface area contributed by atoms with Crippen molar-refractivity contribution in [1.82, 2.24) is 0 Å². The first-order chi connectivity index (χ1) is 9.59. The molecule has 1 saturated carbocycles. The van der Waals surface area contributed by atoms with Gasteiger partial charge in [0, 0.05) is 5.41 Å². The van der Waals surface area contributed by atoms with Gasteiger partial charge in [-0.05, 0) is 72.8 Å². The predicted molar refractivity (Wildman–Crippen MR) is 77.6 cm³/mol. The summed E-state index contributed by atoms with van der Waals surface area (Å²) in [6.45, 7) is 2.16. The molecule has 3 aliphatic rings. The van der Waals surface area contributed by atoms with E-state index in [2.05, 4.69) is 19.1 Å². The molecule has 1 N–H and O–H groups in total. The van der Waals surface area contributed by atoms with Crippen molar-refractivity contribution in [3.05, 3.63) is 41.5 Å². The van der Waals surface area contributed by atoms with Gasteiger partial charge in [0.05, 0.1) is 0 Å². The number of phenolic OH excluding ortho intramolecular Hbond substituents is 1. The first-order valence-electron chi connectivity index (χ1n) is 7.64. The SMILES string of the molecule is C[C@]12CC[C@@H]3c4ccc(O)cc4CC[C@H]3[C@H]1C=CC2=O. The van der Waals surface area contributed by atoms with Crippen molar-refractivity contribution < 1.29 is 9.90 Å². The van der Waals surface area contributed by atoms with Gasteiger partial charge in [-0.25, -0.2) is 0 Å². The number of allylic oxidation sites excluding steroid dienone is 2. The molecule has 1 fully saturated rings. The molecule has 2 heteroatoms. The molecule has 20 heavy (non-hydrogen) atoms. The first-order valence-corrected chi connectivity index (χ1v) is 7.64. The van der Waals surface area contributed by atoms with E-state index in [1.807, 2.05) is 18.2 Å². The van der Waals surface area contributed by atoms with Crippen molar-refractivity contribution in [2.45, 2.75) is 38.5 Å². The second-order valence-electron chi connectivity index (χ2n) is 6.90. The molecule has 0 aromatic heterocycles. The fourth-order valence-corrected chi connectivity index (χ4v) is 4.84. The summed E-state index contributed by atoms with van der Waals surface area (Å²) in [5, 5.41) is 9.65. The average Bonchev–Trinajstić information content (AvgIpc) is 2.74. The maximum atomic E-state index is 12.2. The maximum absolute atomic E-state index is 12.2. The summed E-state index contributed by atoms with van der Waals surface area (Å²) in [6.07, 6.45) is 8.25. The minimum absolute atomic E-state index is 0.143. The highest BCUT2D eigenvalue weighted by Crippen LogP contribution is 2.57. The molecular weight excluding hydrogens is 248 g/mol. The zero-order valence-electron chi connectivity index (χ0n) is 11.8. The fraction of sp³-hybridized carbons (Fsp3) is 0.500. The van der Waals surface area contributed by atoms with Gasteiger partial charge in [0.2, 0.25) is 0 Å². The van der Waals surface area contributed by atoms with Crippen molar-refractivity contribution in [3.63, 3.8) is 0 Å². The summed E-state index contributed by atoms with van der Waals surface area (Å²) in [6, 6.07) is 5.84. The van der Waals surface area contributed by atoms with Crippen LogP contribution in [0.25, 0.3) is 0 Å². The van der Waals surface area contributed by atoms with Crippen LogP contribution in [0.1, 0.15) is 43.2 Å². The minimum Gasteiger partial charge on any atom is -0.508 e. The van der Waals surface area contributed by atoms with Crippen molar-refractivity contribution in [2.24, 2.45) is 17.3 Å². The van der Waals surface area contributed by atoms with Crippen LogP contribution in [0.15, 0.2) is 30.4 Å². The smallest absolute Gasteiger partial charge is 0.161 e. The summed E-state index contributed by atoms with van der Waals surface area (Å²) >= 11 is 0. The molecule has 0 saturated heterocycles. The summed E-state index contributed by atoms with van der Waals surface area (Å²) in [4.78, 5) is 12.2. The quantitative estimate of drug-likeness (QED) is 0.780. The van der Waals surface area contributed by atoms with Gasteiger partial charge in [-0.15, -0.1) is 0 Å². The molecule has 4 atom stereocenters. The molecule has 0 spiro atoms. The Balaban J connectivity index is 1.75. The molecule has 0 unspecified atom stereocenters. The normalized spacial score (nSPS) is 38.2. The number of benzene rings is 1. The zero-order valence-corrected chi connectivity index (χ0v) is 11.8. The van der Waals surface area contributed by atoms with Crippen LogP contribution in [-0.2, 0) is 11.2 Å². The van der Waals surface area contributed by atoms with Gasteiger partial charge >= 0.3 is 0 Å². The summed E-state index contributed by atoms with van der Waals surface area (Å²) in [5.41, 5.74) is 2.58. The van der Waals surface area contributed by atoms with E-state index in [-0.39, 0.29) is 5.41 Å². The second-order valence-corrected chi connectivity index (χ2v) is 6.90. The topological polar surface area (TPSA) is 37.3 Å². The number of fused-ring (bicyclic) bond motifs is 5. The van der Waals surface area contributed by atoms with E-state index in [0.717, 1.165) is 25.7 Å². The Kier molecular flexibility index (Phi) is 2.42. The molecule has 104 valence electrons. The Hall–Kier alpha value is -1.57. The lowest BCUT2D eigenvalue weighted by atomic mass is 9.55. The molecule has 0 heterocycles. The molecule has 0 radical (unpaired) electrons. The zero-order chi connectivity index (χ0) is 13.9. The molecule has 4 rings (SSSR count). The number of hydrogen-bond acceptors (Lipinski definition) is 2. The molecule has 1 aromatic rings. The number of ketones is 1. The van der Waals surface area contributed by atoms with Gasteiger partial charge in [0.1, 0.15) is 5.75 Å². The van der Waals surface area contributed by atoms with Crippen LogP contribution in [0.4, 0.5) is 0 Å². The molecule has 0 aliphatic heterocycles. The summed E-state index contributed by atoms with van der Waals surface area (Å²) < 4.78 is 0. The lowest BCUT2D eigenvalue weighted by molar-refractivity contribution is -0.126. The molecule has 3 aliphatic carbocycles. The molecule has 0 amide bonds.